The second kappa shape index (κ2) is 6.17. The molecule has 1 aromatic carbocycles. The maximum atomic E-state index is 14.4. The monoisotopic (exact) mass is 379 g/mol. The van der Waals surface area contributed by atoms with E-state index in [4.69, 9.17) is 0 Å². The van der Waals surface area contributed by atoms with Gasteiger partial charge in [-0.05, 0) is 25.3 Å². The van der Waals surface area contributed by atoms with E-state index >= 15 is 0 Å². The summed E-state index contributed by atoms with van der Waals surface area (Å²) in [6.45, 7) is 4.28. The van der Waals surface area contributed by atoms with Gasteiger partial charge in [-0.25, -0.2) is 9.37 Å². The van der Waals surface area contributed by atoms with Gasteiger partial charge >= 0.3 is 6.18 Å². The first-order chi connectivity index (χ1) is 12.7. The third-order valence-corrected chi connectivity index (χ3v) is 4.74. The Balaban J connectivity index is 1.87. The number of alkyl halides is 3. The van der Waals surface area contributed by atoms with Crippen LogP contribution in [0.5, 0.6) is 0 Å². The van der Waals surface area contributed by atoms with Crippen molar-refractivity contribution in [3.8, 4) is 0 Å². The third kappa shape index (κ3) is 3.11. The van der Waals surface area contributed by atoms with E-state index in [-0.39, 0.29) is 23.6 Å². The highest BCUT2D eigenvalue weighted by Gasteiger charge is 2.38. The van der Waals surface area contributed by atoms with Crippen LogP contribution in [0.2, 0.25) is 0 Å². The average Bonchev–Trinajstić information content (AvgIpc) is 3.18. The molecule has 0 amide bonds. The summed E-state index contributed by atoms with van der Waals surface area (Å²) in [5, 5.41) is 3.63. The van der Waals surface area contributed by atoms with Gasteiger partial charge in [-0.3, -0.25) is 0 Å². The second-order valence-corrected chi connectivity index (χ2v) is 6.93. The van der Waals surface area contributed by atoms with Gasteiger partial charge in [0.25, 0.3) is 11.6 Å². The molecule has 4 rings (SSSR count). The smallest absolute Gasteiger partial charge is 0.349 e. The fraction of sp³-hybridized carbons (Fsp3) is 0.389. The second-order valence-electron chi connectivity index (χ2n) is 6.93. The van der Waals surface area contributed by atoms with Crippen molar-refractivity contribution in [2.24, 2.45) is 5.92 Å². The van der Waals surface area contributed by atoms with E-state index in [1.54, 1.807) is 31.2 Å². The molecule has 2 aromatic heterocycles. The molecular formula is C18H17F4N5. The Morgan fingerprint density at radius 2 is 1.89 bits per heavy atom. The number of fused-ring (bicyclic) bond motifs is 1. The molecule has 2 unspecified atom stereocenters. The van der Waals surface area contributed by atoms with Crippen LogP contribution in [-0.2, 0) is 6.18 Å². The Morgan fingerprint density at radius 3 is 2.59 bits per heavy atom. The summed E-state index contributed by atoms with van der Waals surface area (Å²) >= 11 is 0. The van der Waals surface area contributed by atoms with Crippen LogP contribution in [0.25, 0.3) is 5.78 Å². The number of hydrogen-bond acceptors (Lipinski definition) is 4. The topological polar surface area (TPSA) is 46.3 Å². The van der Waals surface area contributed by atoms with E-state index < -0.39 is 12.0 Å². The number of anilines is 1. The van der Waals surface area contributed by atoms with Crippen molar-refractivity contribution in [3.63, 3.8) is 0 Å². The zero-order chi connectivity index (χ0) is 19.3. The van der Waals surface area contributed by atoms with Gasteiger partial charge in [0, 0.05) is 23.9 Å². The molecule has 1 aliphatic heterocycles. The fourth-order valence-electron chi connectivity index (χ4n) is 3.63. The molecule has 0 spiro atoms. The van der Waals surface area contributed by atoms with Crippen LogP contribution < -0.4 is 4.90 Å². The normalized spacial score (nSPS) is 20.6. The highest BCUT2D eigenvalue weighted by atomic mass is 19.4. The molecule has 0 N–H and O–H groups in total. The van der Waals surface area contributed by atoms with Crippen LogP contribution in [0.4, 0.5) is 23.4 Å². The van der Waals surface area contributed by atoms with Gasteiger partial charge < -0.3 is 4.90 Å². The molecule has 0 bridgehead atoms. The number of hydrogen-bond donors (Lipinski definition) is 0. The summed E-state index contributed by atoms with van der Waals surface area (Å²) in [5.74, 6) is -1.03. The van der Waals surface area contributed by atoms with E-state index in [1.165, 1.54) is 6.07 Å². The lowest BCUT2D eigenvalue weighted by molar-refractivity contribution is -0.144. The van der Waals surface area contributed by atoms with Gasteiger partial charge in [-0.2, -0.15) is 22.7 Å². The van der Waals surface area contributed by atoms with Crippen molar-refractivity contribution in [3.05, 3.63) is 53.2 Å². The van der Waals surface area contributed by atoms with Crippen LogP contribution >= 0.6 is 0 Å². The van der Waals surface area contributed by atoms with Gasteiger partial charge in [-0.15, -0.1) is 5.10 Å². The molecule has 3 heterocycles. The number of halogens is 4. The molecule has 0 saturated carbocycles. The molecule has 1 aliphatic rings. The quantitative estimate of drug-likeness (QED) is 0.627. The zero-order valence-corrected chi connectivity index (χ0v) is 14.7. The molecule has 5 nitrogen and oxygen atoms in total. The van der Waals surface area contributed by atoms with Crippen LogP contribution in [-0.4, -0.2) is 26.1 Å². The van der Waals surface area contributed by atoms with E-state index in [2.05, 4.69) is 15.1 Å². The Hall–Kier alpha value is -2.71. The highest BCUT2D eigenvalue weighted by Crippen LogP contribution is 2.40. The summed E-state index contributed by atoms with van der Waals surface area (Å²) in [5.41, 5.74) is 1.03. The van der Waals surface area contributed by atoms with Crippen molar-refractivity contribution < 1.29 is 17.6 Å². The fourth-order valence-corrected chi connectivity index (χ4v) is 3.63. The van der Waals surface area contributed by atoms with E-state index in [0.29, 0.717) is 30.0 Å². The minimum absolute atomic E-state index is 0.121. The van der Waals surface area contributed by atoms with Crippen LogP contribution in [0.15, 0.2) is 30.3 Å². The third-order valence-electron chi connectivity index (χ3n) is 4.74. The first kappa shape index (κ1) is 17.7. The Bertz CT molecular complexity index is 997. The number of aryl methyl sites for hydroxylation is 1. The molecule has 142 valence electrons. The Labute approximate surface area is 152 Å². The summed E-state index contributed by atoms with van der Waals surface area (Å²) in [7, 11) is 0. The lowest BCUT2D eigenvalue weighted by atomic mass is 10.0. The van der Waals surface area contributed by atoms with Crippen molar-refractivity contribution in [2.75, 3.05) is 11.4 Å². The first-order valence-electron chi connectivity index (χ1n) is 8.56. The maximum Gasteiger partial charge on any atom is 0.453 e. The number of rotatable bonds is 2. The lowest BCUT2D eigenvalue weighted by Gasteiger charge is -2.27. The van der Waals surface area contributed by atoms with Crippen molar-refractivity contribution in [2.45, 2.75) is 32.5 Å². The molecule has 9 heteroatoms. The number of nitrogens with zero attached hydrogens (tertiary/aromatic N) is 5. The number of benzene rings is 1. The molecule has 1 saturated heterocycles. The van der Waals surface area contributed by atoms with Gasteiger partial charge in [0.15, 0.2) is 0 Å². The van der Waals surface area contributed by atoms with Crippen molar-refractivity contribution in [1.82, 2.24) is 19.6 Å². The average molecular weight is 379 g/mol. The minimum Gasteiger partial charge on any atom is -0.349 e. The summed E-state index contributed by atoms with van der Waals surface area (Å²) in [4.78, 5) is 9.48. The number of aromatic nitrogens is 4. The van der Waals surface area contributed by atoms with Crippen LogP contribution in [0.1, 0.15) is 36.5 Å². The molecule has 2 atom stereocenters. The molecule has 0 radical (unpaired) electrons. The predicted molar refractivity (Wildman–Crippen MR) is 90.8 cm³/mol. The van der Waals surface area contributed by atoms with Gasteiger partial charge in [0.05, 0.1) is 6.04 Å². The molecule has 1 fully saturated rings. The van der Waals surface area contributed by atoms with Gasteiger partial charge in [0.2, 0.25) is 0 Å². The predicted octanol–water partition coefficient (Wildman–Crippen LogP) is 4.18. The SMILES string of the molecule is Cc1cc(N2CC(C)CC2c2ccccc2F)n2nc(C(F)(F)F)nc2n1. The van der Waals surface area contributed by atoms with Crippen molar-refractivity contribution >= 4 is 11.6 Å². The Kier molecular flexibility index (Phi) is 4.05. The molecular weight excluding hydrogens is 362 g/mol. The maximum absolute atomic E-state index is 14.4. The van der Waals surface area contributed by atoms with Crippen LogP contribution in [0, 0.1) is 18.7 Å². The summed E-state index contributed by atoms with van der Waals surface area (Å²) in [6, 6.07) is 7.82. The lowest BCUT2D eigenvalue weighted by Crippen LogP contribution is -2.26. The first-order valence-corrected chi connectivity index (χ1v) is 8.56. The summed E-state index contributed by atoms with van der Waals surface area (Å²) in [6.07, 6.45) is -3.98. The minimum atomic E-state index is -4.66. The largest absolute Gasteiger partial charge is 0.453 e. The summed E-state index contributed by atoms with van der Waals surface area (Å²) < 4.78 is 54.7. The highest BCUT2D eigenvalue weighted by molar-refractivity contribution is 5.51. The van der Waals surface area contributed by atoms with Crippen LogP contribution in [0.3, 0.4) is 0 Å². The van der Waals surface area contributed by atoms with Crippen molar-refractivity contribution in [1.29, 1.82) is 0 Å². The van der Waals surface area contributed by atoms with E-state index in [9.17, 15) is 17.6 Å². The molecule has 27 heavy (non-hydrogen) atoms. The Morgan fingerprint density at radius 1 is 1.15 bits per heavy atom. The van der Waals surface area contributed by atoms with E-state index in [0.717, 1.165) is 4.52 Å². The van der Waals surface area contributed by atoms with Gasteiger partial charge in [0.1, 0.15) is 11.6 Å². The van der Waals surface area contributed by atoms with Gasteiger partial charge in [-0.1, -0.05) is 25.1 Å². The standard InChI is InChI=1S/C18H17F4N5/c1-10-7-14(12-5-3-4-6-13(12)19)26(9-10)15-8-11(2)23-17-24-16(18(20,21)22)25-27(15)17/h3-6,8,10,14H,7,9H2,1-2H3. The van der Waals surface area contributed by atoms with E-state index in [1.807, 2.05) is 11.8 Å². The molecule has 3 aromatic rings. The molecule has 0 aliphatic carbocycles. The zero-order valence-electron chi connectivity index (χ0n) is 14.7.